The molecule has 3 N–H and O–H groups in total. The van der Waals surface area contributed by atoms with Crippen molar-refractivity contribution in [1.82, 2.24) is 20.9 Å². The number of carbonyl (C=O) groups is 4. The second kappa shape index (κ2) is 13.9. The second-order valence-electron chi connectivity index (χ2n) is 11.0. The fourth-order valence-electron chi connectivity index (χ4n) is 4.77. The first kappa shape index (κ1) is 31.1. The molecule has 3 amide bonds. The van der Waals surface area contributed by atoms with Gasteiger partial charge in [0, 0.05) is 19.5 Å². The van der Waals surface area contributed by atoms with Crippen LogP contribution in [0.4, 0.5) is 0 Å². The first-order chi connectivity index (χ1) is 20.1. The summed E-state index contributed by atoms with van der Waals surface area (Å²) in [4.78, 5) is 55.0. The molecule has 2 aromatic rings. The molecule has 226 valence electrons. The number of methoxy groups -OCH3 is 1. The topological polar surface area (TPSA) is 139 Å². The van der Waals surface area contributed by atoms with Gasteiger partial charge in [-0.15, -0.1) is 0 Å². The van der Waals surface area contributed by atoms with Crippen LogP contribution < -0.4 is 20.7 Å². The number of ether oxygens (including phenoxy) is 3. The SMILES string of the molecule is COc1ccc(C[C@H](NC(=O)[C@H](C)NC(=O)CN2CCOCC2)C(=O)N[C@@H](C(=O)[C@@]2(C)CO2)c2cccc(C)c2)cc1. The summed E-state index contributed by atoms with van der Waals surface area (Å²) in [5.41, 5.74) is 1.36. The molecule has 2 aliphatic rings. The van der Waals surface area contributed by atoms with E-state index in [1.165, 1.54) is 0 Å². The minimum absolute atomic E-state index is 0.151. The van der Waals surface area contributed by atoms with Crippen LogP contribution in [0.25, 0.3) is 0 Å². The van der Waals surface area contributed by atoms with E-state index in [0.29, 0.717) is 37.6 Å². The van der Waals surface area contributed by atoms with E-state index in [1.807, 2.05) is 30.0 Å². The van der Waals surface area contributed by atoms with Gasteiger partial charge in [-0.1, -0.05) is 42.0 Å². The minimum Gasteiger partial charge on any atom is -0.497 e. The number of ketones is 1. The van der Waals surface area contributed by atoms with Crippen molar-refractivity contribution in [2.24, 2.45) is 0 Å². The standard InChI is InChI=1S/C31H40N4O7/c1-20-6-5-7-23(16-20)27(28(37)31(3)19-42-31)34-30(39)25(17-22-8-10-24(40-4)11-9-22)33-29(38)21(2)32-26(36)18-35-12-14-41-15-13-35/h5-11,16,21,25,27H,12-15,17-19H2,1-4H3,(H,32,36)(H,33,38)(H,34,39)/t21-,25-,27+,31+/m0/s1. The molecule has 42 heavy (non-hydrogen) atoms. The zero-order chi connectivity index (χ0) is 30.3. The van der Waals surface area contributed by atoms with Gasteiger partial charge in [0.15, 0.2) is 5.78 Å². The van der Waals surface area contributed by atoms with Crippen LogP contribution in [-0.4, -0.2) is 92.7 Å². The molecule has 11 nitrogen and oxygen atoms in total. The van der Waals surface area contributed by atoms with Crippen LogP contribution in [0, 0.1) is 6.92 Å². The van der Waals surface area contributed by atoms with E-state index in [-0.39, 0.29) is 31.3 Å². The predicted octanol–water partition coefficient (Wildman–Crippen LogP) is 1.08. The number of benzene rings is 2. The summed E-state index contributed by atoms with van der Waals surface area (Å²) < 4.78 is 16.0. The van der Waals surface area contributed by atoms with Gasteiger partial charge in [0.2, 0.25) is 17.7 Å². The lowest BCUT2D eigenvalue weighted by molar-refractivity contribution is -0.134. The van der Waals surface area contributed by atoms with Gasteiger partial charge in [0.25, 0.3) is 0 Å². The van der Waals surface area contributed by atoms with Gasteiger partial charge < -0.3 is 30.2 Å². The number of morpholine rings is 1. The highest BCUT2D eigenvalue weighted by molar-refractivity contribution is 5.99. The van der Waals surface area contributed by atoms with Gasteiger partial charge in [0.1, 0.15) is 29.5 Å². The van der Waals surface area contributed by atoms with Gasteiger partial charge in [-0.25, -0.2) is 0 Å². The number of rotatable bonds is 13. The Morgan fingerprint density at radius 3 is 2.31 bits per heavy atom. The number of amides is 3. The Labute approximate surface area is 246 Å². The van der Waals surface area contributed by atoms with Crippen molar-refractivity contribution >= 4 is 23.5 Å². The Morgan fingerprint density at radius 1 is 1.00 bits per heavy atom. The van der Waals surface area contributed by atoms with Crippen molar-refractivity contribution < 1.29 is 33.4 Å². The van der Waals surface area contributed by atoms with Crippen molar-refractivity contribution in [3.63, 3.8) is 0 Å². The molecule has 0 spiro atoms. The molecule has 0 bridgehead atoms. The lowest BCUT2D eigenvalue weighted by atomic mass is 9.93. The Kier molecular flexibility index (Phi) is 10.3. The molecule has 2 heterocycles. The fourth-order valence-corrected chi connectivity index (χ4v) is 4.77. The minimum atomic E-state index is -1.03. The van der Waals surface area contributed by atoms with Crippen LogP contribution in [0.2, 0.25) is 0 Å². The fraction of sp³-hybridized carbons (Fsp3) is 0.484. The third kappa shape index (κ3) is 8.37. The highest BCUT2D eigenvalue weighted by Crippen LogP contribution is 2.33. The molecule has 4 atom stereocenters. The summed E-state index contributed by atoms with van der Waals surface area (Å²) in [6, 6.07) is 11.6. The molecule has 0 aliphatic carbocycles. The van der Waals surface area contributed by atoms with Crippen molar-refractivity contribution in [1.29, 1.82) is 0 Å². The summed E-state index contributed by atoms with van der Waals surface area (Å²) in [5, 5.41) is 8.38. The molecule has 0 unspecified atom stereocenters. The van der Waals surface area contributed by atoms with E-state index >= 15 is 0 Å². The highest BCUT2D eigenvalue weighted by atomic mass is 16.6. The molecule has 0 aromatic heterocycles. The zero-order valence-corrected chi connectivity index (χ0v) is 24.6. The van der Waals surface area contributed by atoms with E-state index in [4.69, 9.17) is 14.2 Å². The van der Waals surface area contributed by atoms with E-state index < -0.39 is 35.5 Å². The molecule has 4 rings (SSSR count). The summed E-state index contributed by atoms with van der Waals surface area (Å²) in [7, 11) is 1.56. The van der Waals surface area contributed by atoms with Crippen LogP contribution >= 0.6 is 0 Å². The molecule has 2 aromatic carbocycles. The van der Waals surface area contributed by atoms with Gasteiger partial charge in [-0.2, -0.15) is 0 Å². The average molecular weight is 581 g/mol. The van der Waals surface area contributed by atoms with E-state index in [9.17, 15) is 19.2 Å². The third-order valence-corrected chi connectivity index (χ3v) is 7.50. The molecular formula is C31H40N4O7. The molecule has 2 saturated heterocycles. The maximum absolute atomic E-state index is 13.8. The number of hydrogen-bond acceptors (Lipinski definition) is 8. The van der Waals surface area contributed by atoms with Crippen LogP contribution in [0.3, 0.4) is 0 Å². The molecule has 0 saturated carbocycles. The summed E-state index contributed by atoms with van der Waals surface area (Å²) in [6.45, 7) is 8.00. The summed E-state index contributed by atoms with van der Waals surface area (Å²) >= 11 is 0. The monoisotopic (exact) mass is 580 g/mol. The van der Waals surface area contributed by atoms with Crippen molar-refractivity contribution in [2.45, 2.75) is 50.9 Å². The van der Waals surface area contributed by atoms with Gasteiger partial charge in [0.05, 0.1) is 33.5 Å². The normalized spacial score (nSPS) is 20.5. The van der Waals surface area contributed by atoms with Crippen molar-refractivity contribution in [3.8, 4) is 5.75 Å². The lowest BCUT2D eigenvalue weighted by Gasteiger charge is -2.27. The number of hydrogen-bond donors (Lipinski definition) is 3. The first-order valence-electron chi connectivity index (χ1n) is 14.2. The quantitative estimate of drug-likeness (QED) is 0.299. The maximum atomic E-state index is 13.8. The summed E-state index contributed by atoms with van der Waals surface area (Å²) in [6.07, 6.45) is 0.151. The van der Waals surface area contributed by atoms with Gasteiger partial charge in [-0.3, -0.25) is 24.1 Å². The number of Topliss-reactive ketones (excluding diaryl/α,β-unsaturated/α-hetero) is 1. The lowest BCUT2D eigenvalue weighted by Crippen LogP contribution is -2.55. The van der Waals surface area contributed by atoms with Gasteiger partial charge >= 0.3 is 0 Å². The second-order valence-corrected chi connectivity index (χ2v) is 11.0. The van der Waals surface area contributed by atoms with Crippen molar-refractivity contribution in [2.75, 3.05) is 46.6 Å². The Morgan fingerprint density at radius 2 is 1.69 bits per heavy atom. The number of nitrogens with one attached hydrogen (secondary N) is 3. The predicted molar refractivity (Wildman–Crippen MR) is 155 cm³/mol. The molecule has 0 radical (unpaired) electrons. The number of epoxide rings is 1. The average Bonchev–Trinajstić information content (AvgIpc) is 3.74. The van der Waals surface area contributed by atoms with E-state index in [1.54, 1.807) is 51.3 Å². The van der Waals surface area contributed by atoms with Crippen LogP contribution in [0.5, 0.6) is 5.75 Å². The number of aryl methyl sites for hydroxylation is 1. The Balaban J connectivity index is 1.50. The van der Waals surface area contributed by atoms with Crippen molar-refractivity contribution in [3.05, 3.63) is 65.2 Å². The highest BCUT2D eigenvalue weighted by Gasteiger charge is 2.50. The Hall–Kier alpha value is -3.80. The Bertz CT molecular complexity index is 1270. The first-order valence-corrected chi connectivity index (χ1v) is 14.2. The molecular weight excluding hydrogens is 540 g/mol. The van der Waals surface area contributed by atoms with Gasteiger partial charge in [-0.05, 0) is 44.0 Å². The maximum Gasteiger partial charge on any atom is 0.243 e. The van der Waals surface area contributed by atoms with Crippen LogP contribution in [0.15, 0.2) is 48.5 Å². The molecule has 2 aliphatic heterocycles. The summed E-state index contributed by atoms with van der Waals surface area (Å²) in [5.74, 6) is -0.952. The number of carbonyl (C=O) groups excluding carboxylic acids is 4. The molecule has 11 heteroatoms. The third-order valence-electron chi connectivity index (χ3n) is 7.50. The van der Waals surface area contributed by atoms with E-state index in [2.05, 4.69) is 16.0 Å². The smallest absolute Gasteiger partial charge is 0.243 e. The van der Waals surface area contributed by atoms with Crippen LogP contribution in [0.1, 0.15) is 36.6 Å². The van der Waals surface area contributed by atoms with Crippen LogP contribution in [-0.2, 0) is 35.1 Å². The largest absolute Gasteiger partial charge is 0.497 e. The van der Waals surface area contributed by atoms with E-state index in [0.717, 1.165) is 11.1 Å². The number of nitrogens with zero attached hydrogens (tertiary/aromatic N) is 1. The zero-order valence-electron chi connectivity index (χ0n) is 24.6. The molecule has 2 fully saturated rings.